The number of nitrogens with one attached hydrogen (secondary N) is 1. The van der Waals surface area contributed by atoms with Crippen molar-refractivity contribution in [3.8, 4) is 5.75 Å². The van der Waals surface area contributed by atoms with E-state index in [1.165, 1.54) is 29.2 Å². The van der Waals surface area contributed by atoms with Gasteiger partial charge >= 0.3 is 6.09 Å². The van der Waals surface area contributed by atoms with Gasteiger partial charge < -0.3 is 15.0 Å². The highest BCUT2D eigenvalue weighted by atomic mass is 35.5. The molecular weight excluding hydrogens is 521 g/mol. The van der Waals surface area contributed by atoms with Crippen molar-refractivity contribution in [2.24, 2.45) is 5.92 Å². The Balaban J connectivity index is 1.42. The van der Waals surface area contributed by atoms with Crippen LogP contribution in [0.3, 0.4) is 0 Å². The summed E-state index contributed by atoms with van der Waals surface area (Å²) in [5.41, 5.74) is 0.580. The first-order valence-electron chi connectivity index (χ1n) is 13.0. The van der Waals surface area contributed by atoms with E-state index in [0.29, 0.717) is 37.5 Å². The van der Waals surface area contributed by atoms with Gasteiger partial charge in [-0.2, -0.15) is 5.10 Å². The van der Waals surface area contributed by atoms with E-state index in [1.807, 2.05) is 31.2 Å². The lowest BCUT2D eigenvalue weighted by Gasteiger charge is -2.44. The molecule has 2 saturated heterocycles. The Labute approximate surface area is 232 Å². The van der Waals surface area contributed by atoms with Gasteiger partial charge in [-0.25, -0.2) is 9.18 Å². The van der Waals surface area contributed by atoms with Gasteiger partial charge in [0, 0.05) is 50.1 Å². The van der Waals surface area contributed by atoms with Gasteiger partial charge in [-0.15, -0.1) is 5.10 Å². The predicted molar refractivity (Wildman–Crippen MR) is 147 cm³/mol. The quantitative estimate of drug-likeness (QED) is 0.478. The Morgan fingerprint density at radius 2 is 1.74 bits per heavy atom. The zero-order chi connectivity index (χ0) is 27.6. The van der Waals surface area contributed by atoms with Crippen LogP contribution < -0.4 is 15.0 Å². The topological polar surface area (TPSA) is 87.7 Å². The number of nitrogens with zero attached hydrogens (tertiary/aromatic N) is 4. The highest BCUT2D eigenvalue weighted by molar-refractivity contribution is 6.30. The van der Waals surface area contributed by atoms with Crippen LogP contribution in [0.1, 0.15) is 30.0 Å². The normalized spacial score (nSPS) is 21.5. The summed E-state index contributed by atoms with van der Waals surface area (Å²) in [6.07, 6.45) is 0.583. The minimum absolute atomic E-state index is 0.000599. The van der Waals surface area contributed by atoms with E-state index in [2.05, 4.69) is 20.4 Å². The SMILES string of the molecule is Cc1ccc(N2CCC(C(=O)[C@@]3(N(C)C(=O)Oc4ccc(F)cc4)CNC[C@H]3c3ccc(Cl)cc3)CC2)nn1. The third-order valence-corrected chi connectivity index (χ3v) is 8.14. The number of anilines is 1. The molecule has 0 saturated carbocycles. The summed E-state index contributed by atoms with van der Waals surface area (Å²) in [6.45, 7) is 4.02. The number of hydrogen-bond acceptors (Lipinski definition) is 7. The van der Waals surface area contributed by atoms with Crippen molar-refractivity contribution in [2.45, 2.75) is 31.2 Å². The maximum absolute atomic E-state index is 14.5. The Morgan fingerprint density at radius 3 is 2.38 bits per heavy atom. The average molecular weight is 552 g/mol. The summed E-state index contributed by atoms with van der Waals surface area (Å²) in [7, 11) is 1.61. The first kappa shape index (κ1) is 27.0. The Morgan fingerprint density at radius 1 is 1.05 bits per heavy atom. The summed E-state index contributed by atoms with van der Waals surface area (Å²) in [5.74, 6) is 0.00538. The van der Waals surface area contributed by atoms with Crippen LogP contribution in [0.2, 0.25) is 5.02 Å². The number of amides is 1. The standard InChI is InChI=1S/C29H31ClFN5O3/c1-19-3-12-26(34-33-19)36-15-13-21(14-16-36)27(37)29(18-32-17-25(29)20-4-6-22(30)7-5-20)35(2)28(38)39-24-10-8-23(31)9-11-24/h3-12,21,25,32H,13-18H2,1-2H3/t25-,29+/m0/s1. The molecule has 0 radical (unpaired) electrons. The van der Waals surface area contributed by atoms with E-state index in [-0.39, 0.29) is 29.9 Å². The number of halogens is 2. The maximum Gasteiger partial charge on any atom is 0.415 e. The number of aromatic nitrogens is 2. The molecule has 0 bridgehead atoms. The van der Waals surface area contributed by atoms with Gasteiger partial charge in [-0.3, -0.25) is 9.69 Å². The van der Waals surface area contributed by atoms with Crippen LogP contribution in [0.15, 0.2) is 60.7 Å². The minimum Gasteiger partial charge on any atom is -0.410 e. The monoisotopic (exact) mass is 551 g/mol. The first-order valence-corrected chi connectivity index (χ1v) is 13.4. The number of ketones is 1. The number of ether oxygens (including phenoxy) is 1. The van der Waals surface area contributed by atoms with Crippen LogP contribution in [0.4, 0.5) is 15.0 Å². The molecule has 2 aromatic carbocycles. The molecule has 1 aromatic heterocycles. The van der Waals surface area contributed by atoms with Crippen LogP contribution in [0.5, 0.6) is 5.75 Å². The third kappa shape index (κ3) is 5.46. The molecule has 2 aliphatic rings. The fourth-order valence-corrected chi connectivity index (χ4v) is 5.81. The minimum atomic E-state index is -1.18. The van der Waals surface area contributed by atoms with E-state index in [9.17, 15) is 14.0 Å². The Kier molecular flexibility index (Phi) is 7.81. The second-order valence-electron chi connectivity index (χ2n) is 10.2. The van der Waals surface area contributed by atoms with Gasteiger partial charge in [-0.05, 0) is 73.9 Å². The number of carbonyl (C=O) groups is 2. The van der Waals surface area contributed by atoms with E-state index in [1.54, 1.807) is 19.2 Å². The lowest BCUT2D eigenvalue weighted by atomic mass is 9.72. The van der Waals surface area contributed by atoms with E-state index < -0.39 is 17.4 Å². The third-order valence-electron chi connectivity index (χ3n) is 7.88. The lowest BCUT2D eigenvalue weighted by Crippen LogP contribution is -2.62. The first-order chi connectivity index (χ1) is 18.8. The van der Waals surface area contributed by atoms with Crippen molar-refractivity contribution in [1.29, 1.82) is 0 Å². The van der Waals surface area contributed by atoms with Crippen LogP contribution >= 0.6 is 11.6 Å². The number of likely N-dealkylation sites (N-methyl/N-ethyl adjacent to an activating group) is 1. The largest absolute Gasteiger partial charge is 0.415 e. The number of hydrogen-bond donors (Lipinski definition) is 1. The second-order valence-corrected chi connectivity index (χ2v) is 10.6. The van der Waals surface area contributed by atoms with Crippen molar-refractivity contribution >= 4 is 29.3 Å². The molecule has 2 atom stereocenters. The summed E-state index contributed by atoms with van der Waals surface area (Å²) in [4.78, 5) is 31.5. The Hall–Kier alpha value is -3.56. The Bertz CT molecular complexity index is 1310. The molecule has 0 unspecified atom stereocenters. The number of benzene rings is 2. The highest BCUT2D eigenvalue weighted by Crippen LogP contribution is 2.41. The average Bonchev–Trinajstić information content (AvgIpc) is 3.40. The van der Waals surface area contributed by atoms with Gasteiger partial charge in [0.25, 0.3) is 0 Å². The van der Waals surface area contributed by atoms with Crippen molar-refractivity contribution in [1.82, 2.24) is 20.4 Å². The molecule has 5 rings (SSSR count). The van der Waals surface area contributed by atoms with Gasteiger partial charge in [0.05, 0.1) is 5.69 Å². The molecule has 10 heteroatoms. The van der Waals surface area contributed by atoms with Crippen LogP contribution in [-0.2, 0) is 4.79 Å². The van der Waals surface area contributed by atoms with E-state index in [4.69, 9.17) is 16.3 Å². The number of piperidine rings is 1. The molecule has 1 amide bonds. The van der Waals surface area contributed by atoms with Crippen LogP contribution in [0, 0.1) is 18.7 Å². The lowest BCUT2D eigenvalue weighted by molar-refractivity contribution is -0.134. The van der Waals surface area contributed by atoms with E-state index in [0.717, 1.165) is 17.1 Å². The van der Waals surface area contributed by atoms with E-state index >= 15 is 0 Å². The number of Topliss-reactive ketones (excluding diaryl/α,β-unsaturated/α-hetero) is 1. The van der Waals surface area contributed by atoms with Crippen LogP contribution in [-0.4, -0.2) is 65.7 Å². The van der Waals surface area contributed by atoms with Gasteiger partial charge in [-0.1, -0.05) is 23.7 Å². The second kappa shape index (κ2) is 11.3. The van der Waals surface area contributed by atoms with Crippen molar-refractivity contribution < 1.29 is 18.7 Å². The van der Waals surface area contributed by atoms with Crippen molar-refractivity contribution in [3.63, 3.8) is 0 Å². The number of rotatable bonds is 6. The molecular formula is C29H31ClFN5O3. The van der Waals surface area contributed by atoms with Gasteiger partial charge in [0.2, 0.25) is 0 Å². The molecule has 8 nitrogen and oxygen atoms in total. The van der Waals surface area contributed by atoms with Crippen molar-refractivity contribution in [3.05, 3.63) is 82.8 Å². The number of aryl methyl sites for hydroxylation is 1. The molecule has 0 aliphatic carbocycles. The molecule has 2 aliphatic heterocycles. The molecule has 3 heterocycles. The van der Waals surface area contributed by atoms with Gasteiger partial charge in [0.15, 0.2) is 11.6 Å². The summed E-state index contributed by atoms with van der Waals surface area (Å²) >= 11 is 6.15. The molecule has 1 N–H and O–H groups in total. The fraction of sp³-hybridized carbons (Fsp3) is 0.379. The zero-order valence-electron chi connectivity index (χ0n) is 21.9. The summed E-state index contributed by atoms with van der Waals surface area (Å²) in [5, 5.41) is 12.4. The van der Waals surface area contributed by atoms with Gasteiger partial charge in [0.1, 0.15) is 17.1 Å². The summed E-state index contributed by atoms with van der Waals surface area (Å²) < 4.78 is 19.0. The molecule has 0 spiro atoms. The number of carbonyl (C=O) groups excluding carboxylic acids is 2. The molecule has 3 aromatic rings. The summed E-state index contributed by atoms with van der Waals surface area (Å²) in [6, 6.07) is 16.5. The smallest absolute Gasteiger partial charge is 0.410 e. The molecule has 39 heavy (non-hydrogen) atoms. The maximum atomic E-state index is 14.5. The highest BCUT2D eigenvalue weighted by Gasteiger charge is 2.56. The van der Waals surface area contributed by atoms with Crippen molar-refractivity contribution in [2.75, 3.05) is 38.1 Å². The van der Waals surface area contributed by atoms with Crippen LogP contribution in [0.25, 0.3) is 0 Å². The zero-order valence-corrected chi connectivity index (χ0v) is 22.7. The predicted octanol–water partition coefficient (Wildman–Crippen LogP) is 4.62. The molecule has 204 valence electrons. The fourth-order valence-electron chi connectivity index (χ4n) is 5.68. The molecule has 2 fully saturated rings.